The van der Waals surface area contributed by atoms with Crippen LogP contribution in [0.4, 0.5) is 0 Å². The van der Waals surface area contributed by atoms with Gasteiger partial charge in [-0.05, 0) is 55.8 Å². The van der Waals surface area contributed by atoms with Gasteiger partial charge in [0.1, 0.15) is 0 Å². The third-order valence-electron chi connectivity index (χ3n) is 11.1. The molecule has 2 aliphatic rings. The van der Waals surface area contributed by atoms with Gasteiger partial charge in [0.2, 0.25) is 0 Å². The van der Waals surface area contributed by atoms with Crippen LogP contribution >= 0.6 is 0 Å². The van der Waals surface area contributed by atoms with Gasteiger partial charge in [0.25, 0.3) is 0 Å². The van der Waals surface area contributed by atoms with Gasteiger partial charge in [-0.25, -0.2) is 9.97 Å². The van der Waals surface area contributed by atoms with Gasteiger partial charge in [-0.3, -0.25) is 0 Å². The fourth-order valence-corrected chi connectivity index (χ4v) is 8.95. The molecule has 0 amide bonds. The summed E-state index contributed by atoms with van der Waals surface area (Å²) in [5.74, 6) is 0.740. The van der Waals surface area contributed by atoms with Crippen LogP contribution in [0.5, 0.6) is 0 Å². The molecule has 0 unspecified atom stereocenters. The lowest BCUT2D eigenvalue weighted by atomic mass is 9.67. The number of hydrogen-bond acceptors (Lipinski definition) is 2. The summed E-state index contributed by atoms with van der Waals surface area (Å²) >= 11 is 0. The number of rotatable bonds is 4. The van der Waals surface area contributed by atoms with Gasteiger partial charge in [-0.1, -0.05) is 178 Å². The predicted octanol–water partition coefficient (Wildman–Crippen LogP) is 11.6. The number of aromatic nitrogens is 2. The standard InChI is InChI=1S/C48H34N2/c1-47(2)41-29-28-31-16-9-10-23-36(31)42(41)45-43(47)44(32-17-5-3-6-18-32)49-46(50-45)33-19-15-22-35(30-33)48(34-20-7-4-8-21-34)39-26-13-11-24-37(39)38-25-12-14-27-40(38)48/h3-30H,1-2H3. The summed E-state index contributed by atoms with van der Waals surface area (Å²) in [5.41, 5.74) is 14.7. The Bertz CT molecular complexity index is 2570. The molecule has 7 aromatic carbocycles. The van der Waals surface area contributed by atoms with Crippen molar-refractivity contribution in [2.45, 2.75) is 24.7 Å². The van der Waals surface area contributed by atoms with E-state index in [4.69, 9.17) is 9.97 Å². The van der Waals surface area contributed by atoms with Crippen molar-refractivity contribution in [3.05, 3.63) is 203 Å². The molecule has 1 aromatic heterocycles. The zero-order chi connectivity index (χ0) is 33.5. The summed E-state index contributed by atoms with van der Waals surface area (Å²) in [4.78, 5) is 11.0. The maximum Gasteiger partial charge on any atom is 0.160 e. The lowest BCUT2D eigenvalue weighted by Crippen LogP contribution is -2.28. The van der Waals surface area contributed by atoms with Gasteiger partial charge in [0.05, 0.1) is 16.8 Å². The lowest BCUT2D eigenvalue weighted by molar-refractivity contribution is 0.658. The smallest absolute Gasteiger partial charge is 0.160 e. The molecule has 0 N–H and O–H groups in total. The minimum Gasteiger partial charge on any atom is -0.228 e. The summed E-state index contributed by atoms with van der Waals surface area (Å²) in [7, 11) is 0. The zero-order valence-electron chi connectivity index (χ0n) is 28.1. The molecule has 0 atom stereocenters. The van der Waals surface area contributed by atoms with Crippen molar-refractivity contribution in [2.75, 3.05) is 0 Å². The molecule has 2 nitrogen and oxygen atoms in total. The van der Waals surface area contributed by atoms with E-state index in [1.165, 1.54) is 60.8 Å². The monoisotopic (exact) mass is 638 g/mol. The number of hydrogen-bond donors (Lipinski definition) is 0. The normalized spacial score (nSPS) is 14.5. The maximum atomic E-state index is 5.54. The fourth-order valence-electron chi connectivity index (χ4n) is 8.95. The van der Waals surface area contributed by atoms with E-state index in [-0.39, 0.29) is 5.41 Å². The van der Waals surface area contributed by atoms with Gasteiger partial charge in [-0.15, -0.1) is 0 Å². The third kappa shape index (κ3) is 3.90. The van der Waals surface area contributed by atoms with E-state index in [0.29, 0.717) is 0 Å². The van der Waals surface area contributed by atoms with Crippen LogP contribution in [-0.4, -0.2) is 9.97 Å². The van der Waals surface area contributed by atoms with Gasteiger partial charge in [-0.2, -0.15) is 0 Å². The Morgan fingerprint density at radius 2 is 1.02 bits per heavy atom. The van der Waals surface area contributed by atoms with Crippen LogP contribution in [0.1, 0.15) is 47.2 Å². The highest BCUT2D eigenvalue weighted by atomic mass is 14.9. The molecule has 0 radical (unpaired) electrons. The van der Waals surface area contributed by atoms with Crippen molar-refractivity contribution in [1.82, 2.24) is 9.97 Å². The van der Waals surface area contributed by atoms with Gasteiger partial charge < -0.3 is 0 Å². The summed E-state index contributed by atoms with van der Waals surface area (Å²) in [5, 5.41) is 2.46. The molecular formula is C48H34N2. The summed E-state index contributed by atoms with van der Waals surface area (Å²) in [6.07, 6.45) is 0. The second kappa shape index (κ2) is 10.7. The average Bonchev–Trinajstić information content (AvgIpc) is 3.61. The molecule has 1 heterocycles. The van der Waals surface area contributed by atoms with E-state index in [1.54, 1.807) is 0 Å². The molecule has 8 aromatic rings. The third-order valence-corrected chi connectivity index (χ3v) is 11.1. The topological polar surface area (TPSA) is 25.8 Å². The highest BCUT2D eigenvalue weighted by Crippen LogP contribution is 2.57. The molecule has 10 rings (SSSR count). The lowest BCUT2D eigenvalue weighted by Gasteiger charge is -2.34. The van der Waals surface area contributed by atoms with Crippen LogP contribution in [-0.2, 0) is 10.8 Å². The molecule has 0 saturated carbocycles. The Kier molecular flexibility index (Phi) is 6.17. The molecule has 0 fully saturated rings. The van der Waals surface area contributed by atoms with Crippen LogP contribution in [0.2, 0.25) is 0 Å². The Morgan fingerprint density at radius 3 is 1.76 bits per heavy atom. The van der Waals surface area contributed by atoms with Gasteiger partial charge >= 0.3 is 0 Å². The largest absolute Gasteiger partial charge is 0.228 e. The van der Waals surface area contributed by atoms with E-state index in [2.05, 4.69) is 184 Å². The molecule has 0 aliphatic heterocycles. The first kappa shape index (κ1) is 28.9. The molecule has 2 heteroatoms. The van der Waals surface area contributed by atoms with E-state index in [9.17, 15) is 0 Å². The first-order chi connectivity index (χ1) is 24.6. The molecule has 0 saturated heterocycles. The van der Waals surface area contributed by atoms with Crippen LogP contribution in [0.3, 0.4) is 0 Å². The van der Waals surface area contributed by atoms with E-state index >= 15 is 0 Å². The Labute approximate surface area is 292 Å². The average molecular weight is 639 g/mol. The van der Waals surface area contributed by atoms with Crippen LogP contribution in [0, 0.1) is 0 Å². The summed E-state index contributed by atoms with van der Waals surface area (Å²) in [6.45, 7) is 4.64. The first-order valence-electron chi connectivity index (χ1n) is 17.4. The van der Waals surface area contributed by atoms with Crippen molar-refractivity contribution in [3.8, 4) is 45.0 Å². The summed E-state index contributed by atoms with van der Waals surface area (Å²) in [6, 6.07) is 61.6. The molecular weight excluding hydrogens is 605 g/mol. The molecule has 2 aliphatic carbocycles. The molecule has 50 heavy (non-hydrogen) atoms. The quantitative estimate of drug-likeness (QED) is 0.192. The van der Waals surface area contributed by atoms with Crippen LogP contribution in [0.15, 0.2) is 170 Å². The van der Waals surface area contributed by atoms with Crippen LogP contribution in [0.25, 0.3) is 55.8 Å². The van der Waals surface area contributed by atoms with Crippen molar-refractivity contribution >= 4 is 10.8 Å². The number of fused-ring (bicyclic) bond motifs is 8. The minimum atomic E-state index is -0.492. The maximum absolute atomic E-state index is 5.54. The first-order valence-corrected chi connectivity index (χ1v) is 17.4. The zero-order valence-corrected chi connectivity index (χ0v) is 28.1. The van der Waals surface area contributed by atoms with Gasteiger partial charge in [0.15, 0.2) is 5.82 Å². The number of nitrogens with zero attached hydrogens (tertiary/aromatic N) is 2. The highest BCUT2D eigenvalue weighted by Gasteiger charge is 2.46. The predicted molar refractivity (Wildman–Crippen MR) is 205 cm³/mol. The Morgan fingerprint density at radius 1 is 0.440 bits per heavy atom. The highest BCUT2D eigenvalue weighted by molar-refractivity contribution is 6.03. The Balaban J connectivity index is 1.27. The van der Waals surface area contributed by atoms with E-state index in [1.807, 2.05) is 0 Å². The molecule has 0 bridgehead atoms. The fraction of sp³-hybridized carbons (Fsp3) is 0.0833. The van der Waals surface area contributed by atoms with Gasteiger partial charge in [0, 0.05) is 27.7 Å². The van der Waals surface area contributed by atoms with Crippen molar-refractivity contribution in [2.24, 2.45) is 0 Å². The molecule has 236 valence electrons. The second-order valence-corrected chi connectivity index (χ2v) is 14.1. The number of benzene rings is 7. The van der Waals surface area contributed by atoms with E-state index < -0.39 is 5.41 Å². The van der Waals surface area contributed by atoms with Crippen molar-refractivity contribution < 1.29 is 0 Å². The van der Waals surface area contributed by atoms with Crippen LogP contribution < -0.4 is 0 Å². The van der Waals surface area contributed by atoms with E-state index in [0.717, 1.165) is 28.3 Å². The molecule has 0 spiro atoms. The van der Waals surface area contributed by atoms with Crippen molar-refractivity contribution in [3.63, 3.8) is 0 Å². The van der Waals surface area contributed by atoms with Crippen molar-refractivity contribution in [1.29, 1.82) is 0 Å². The Hall–Kier alpha value is -6.12. The summed E-state index contributed by atoms with van der Waals surface area (Å²) < 4.78 is 0. The second-order valence-electron chi connectivity index (χ2n) is 14.1. The minimum absolute atomic E-state index is 0.269. The SMILES string of the molecule is CC1(C)c2ccc3ccccc3c2-c2nc(-c3cccc(C4(c5ccccc5)c5ccccc5-c5ccccc54)c3)nc(-c3ccccc3)c21.